The standard InChI is InChI=1S/C19H25ClN6O3/c1-21-18(23-15-7-10-26(11-8-15)19(27)28-2)22-9-6-16-24-17(25-29-16)13-4-3-5-14(20)12-13/h3-5,12,15H,6-11H2,1-2H3,(H2,21,22,23). The van der Waals surface area contributed by atoms with Gasteiger partial charge in [-0.3, -0.25) is 4.99 Å². The van der Waals surface area contributed by atoms with E-state index in [1.54, 1.807) is 24.1 Å². The topological polar surface area (TPSA) is 105 Å². The Morgan fingerprint density at radius 3 is 2.90 bits per heavy atom. The van der Waals surface area contributed by atoms with Crippen molar-refractivity contribution in [1.29, 1.82) is 0 Å². The summed E-state index contributed by atoms with van der Waals surface area (Å²) in [6.45, 7) is 1.92. The van der Waals surface area contributed by atoms with E-state index in [0.29, 0.717) is 48.8 Å². The Labute approximate surface area is 174 Å². The van der Waals surface area contributed by atoms with Crippen molar-refractivity contribution < 1.29 is 14.1 Å². The average Bonchev–Trinajstić information content (AvgIpc) is 3.22. The average molecular weight is 421 g/mol. The fourth-order valence-electron chi connectivity index (χ4n) is 3.11. The number of carbonyl (C=O) groups is 1. The van der Waals surface area contributed by atoms with Gasteiger partial charge in [-0.25, -0.2) is 4.79 Å². The van der Waals surface area contributed by atoms with Crippen LogP contribution in [0.1, 0.15) is 18.7 Å². The molecule has 29 heavy (non-hydrogen) atoms. The first-order valence-corrected chi connectivity index (χ1v) is 9.85. The molecule has 9 nitrogen and oxygen atoms in total. The zero-order valence-electron chi connectivity index (χ0n) is 16.5. The molecular formula is C19H25ClN6O3. The molecule has 0 atom stereocenters. The maximum atomic E-state index is 11.6. The number of piperidine rings is 1. The minimum absolute atomic E-state index is 0.250. The number of methoxy groups -OCH3 is 1. The third-order valence-electron chi connectivity index (χ3n) is 4.67. The maximum absolute atomic E-state index is 11.6. The minimum atomic E-state index is -0.275. The van der Waals surface area contributed by atoms with E-state index in [4.69, 9.17) is 20.9 Å². The van der Waals surface area contributed by atoms with Crippen molar-refractivity contribution in [2.75, 3.05) is 33.8 Å². The number of likely N-dealkylation sites (tertiary alicyclic amines) is 1. The van der Waals surface area contributed by atoms with E-state index in [9.17, 15) is 4.79 Å². The number of ether oxygens (including phenoxy) is 1. The van der Waals surface area contributed by atoms with E-state index in [-0.39, 0.29) is 12.1 Å². The number of guanidine groups is 1. The molecule has 0 bridgehead atoms. The second-order valence-corrected chi connectivity index (χ2v) is 7.08. The van der Waals surface area contributed by atoms with Gasteiger partial charge in [-0.05, 0) is 25.0 Å². The highest BCUT2D eigenvalue weighted by atomic mass is 35.5. The SMILES string of the molecule is CN=C(NCCc1nc(-c2cccc(Cl)c2)no1)NC1CCN(C(=O)OC)CC1. The van der Waals surface area contributed by atoms with Gasteiger partial charge in [0.1, 0.15) is 0 Å². The summed E-state index contributed by atoms with van der Waals surface area (Å²) in [5.74, 6) is 1.76. The quantitative estimate of drug-likeness (QED) is 0.564. The molecule has 1 aliphatic heterocycles. The lowest BCUT2D eigenvalue weighted by Gasteiger charge is -2.32. The van der Waals surface area contributed by atoms with Gasteiger partial charge >= 0.3 is 6.09 Å². The summed E-state index contributed by atoms with van der Waals surface area (Å²) in [6, 6.07) is 7.58. The molecule has 2 heterocycles. The lowest BCUT2D eigenvalue weighted by Crippen LogP contribution is -2.50. The van der Waals surface area contributed by atoms with Crippen LogP contribution in [0.2, 0.25) is 5.02 Å². The Hall–Kier alpha value is -2.81. The molecule has 0 saturated carbocycles. The number of nitrogens with zero attached hydrogens (tertiary/aromatic N) is 4. The Morgan fingerprint density at radius 1 is 1.41 bits per heavy atom. The molecular weight excluding hydrogens is 396 g/mol. The monoisotopic (exact) mass is 420 g/mol. The predicted octanol–water partition coefficient (Wildman–Crippen LogP) is 2.33. The van der Waals surface area contributed by atoms with Gasteiger partial charge < -0.3 is 24.8 Å². The number of benzene rings is 1. The first-order valence-electron chi connectivity index (χ1n) is 9.47. The van der Waals surface area contributed by atoms with E-state index >= 15 is 0 Å². The zero-order chi connectivity index (χ0) is 20.6. The Bertz CT molecular complexity index is 848. The highest BCUT2D eigenvalue weighted by Gasteiger charge is 2.23. The number of rotatable bonds is 5. The number of carbonyl (C=O) groups excluding carboxylic acids is 1. The van der Waals surface area contributed by atoms with Gasteiger partial charge in [-0.1, -0.05) is 28.9 Å². The molecule has 0 unspecified atom stereocenters. The Morgan fingerprint density at radius 2 is 2.21 bits per heavy atom. The van der Waals surface area contributed by atoms with Crippen molar-refractivity contribution in [2.24, 2.45) is 4.99 Å². The molecule has 1 saturated heterocycles. The van der Waals surface area contributed by atoms with E-state index in [1.807, 2.05) is 12.1 Å². The largest absolute Gasteiger partial charge is 0.453 e. The number of hydrogen-bond acceptors (Lipinski definition) is 6. The number of nitrogens with one attached hydrogen (secondary N) is 2. The molecule has 1 amide bonds. The first kappa shape index (κ1) is 20.9. The minimum Gasteiger partial charge on any atom is -0.453 e. The molecule has 0 spiro atoms. The van der Waals surface area contributed by atoms with Gasteiger partial charge in [-0.15, -0.1) is 0 Å². The van der Waals surface area contributed by atoms with Crippen LogP contribution >= 0.6 is 11.6 Å². The Balaban J connectivity index is 1.43. The van der Waals surface area contributed by atoms with Crippen molar-refractivity contribution in [2.45, 2.75) is 25.3 Å². The predicted molar refractivity (Wildman–Crippen MR) is 110 cm³/mol. The molecule has 1 fully saturated rings. The van der Waals surface area contributed by atoms with Crippen LogP contribution in [0.5, 0.6) is 0 Å². The summed E-state index contributed by atoms with van der Waals surface area (Å²) in [5.41, 5.74) is 0.816. The summed E-state index contributed by atoms with van der Waals surface area (Å²) in [5, 5.41) is 11.3. The van der Waals surface area contributed by atoms with Crippen LogP contribution in [0.15, 0.2) is 33.8 Å². The summed E-state index contributed by atoms with van der Waals surface area (Å²) < 4.78 is 10.1. The molecule has 2 N–H and O–H groups in total. The van der Waals surface area contributed by atoms with Crippen LogP contribution in [-0.4, -0.2) is 66.9 Å². The van der Waals surface area contributed by atoms with Crippen LogP contribution in [0.3, 0.4) is 0 Å². The van der Waals surface area contributed by atoms with Crippen LogP contribution in [0, 0.1) is 0 Å². The fraction of sp³-hybridized carbons (Fsp3) is 0.474. The maximum Gasteiger partial charge on any atom is 0.409 e. The molecule has 156 valence electrons. The van der Waals surface area contributed by atoms with Gasteiger partial charge in [-0.2, -0.15) is 4.98 Å². The third kappa shape index (κ3) is 5.83. The van der Waals surface area contributed by atoms with Crippen molar-refractivity contribution in [3.05, 3.63) is 35.2 Å². The van der Waals surface area contributed by atoms with Crippen LogP contribution in [0.4, 0.5) is 4.79 Å². The first-order chi connectivity index (χ1) is 14.1. The molecule has 2 aromatic rings. The summed E-state index contributed by atoms with van der Waals surface area (Å²) >= 11 is 6.00. The van der Waals surface area contributed by atoms with E-state index in [2.05, 4.69) is 25.8 Å². The molecule has 0 radical (unpaired) electrons. The molecule has 3 rings (SSSR count). The lowest BCUT2D eigenvalue weighted by molar-refractivity contribution is 0.111. The van der Waals surface area contributed by atoms with Gasteiger partial charge in [0.05, 0.1) is 7.11 Å². The van der Waals surface area contributed by atoms with Gasteiger partial charge in [0.2, 0.25) is 11.7 Å². The molecule has 10 heteroatoms. The number of aromatic nitrogens is 2. The summed E-state index contributed by atoms with van der Waals surface area (Å²) in [7, 11) is 3.13. The van der Waals surface area contributed by atoms with Gasteiger partial charge in [0, 0.05) is 49.7 Å². The highest BCUT2D eigenvalue weighted by Crippen LogP contribution is 2.20. The van der Waals surface area contributed by atoms with Crippen LogP contribution < -0.4 is 10.6 Å². The summed E-state index contributed by atoms with van der Waals surface area (Å²) in [6.07, 6.45) is 1.96. The second kappa shape index (κ2) is 10.1. The van der Waals surface area contributed by atoms with E-state index in [0.717, 1.165) is 18.4 Å². The second-order valence-electron chi connectivity index (χ2n) is 6.65. The van der Waals surface area contributed by atoms with Gasteiger partial charge in [0.25, 0.3) is 0 Å². The molecule has 1 aromatic carbocycles. The molecule has 0 aliphatic carbocycles. The van der Waals surface area contributed by atoms with Crippen LogP contribution in [-0.2, 0) is 11.2 Å². The smallest absolute Gasteiger partial charge is 0.409 e. The number of hydrogen-bond donors (Lipinski definition) is 2. The third-order valence-corrected chi connectivity index (χ3v) is 4.91. The number of halogens is 1. The van der Waals surface area contributed by atoms with Gasteiger partial charge in [0.15, 0.2) is 5.96 Å². The lowest BCUT2D eigenvalue weighted by atomic mass is 10.1. The van der Waals surface area contributed by atoms with Crippen molar-refractivity contribution in [1.82, 2.24) is 25.7 Å². The van der Waals surface area contributed by atoms with Crippen molar-refractivity contribution in [3.8, 4) is 11.4 Å². The van der Waals surface area contributed by atoms with Crippen LogP contribution in [0.25, 0.3) is 11.4 Å². The number of aliphatic imine (C=N–C) groups is 1. The fourth-order valence-corrected chi connectivity index (χ4v) is 3.30. The Kier molecular flexibility index (Phi) is 7.29. The summed E-state index contributed by atoms with van der Waals surface area (Å²) in [4.78, 5) is 21.9. The molecule has 1 aromatic heterocycles. The van der Waals surface area contributed by atoms with Crippen molar-refractivity contribution in [3.63, 3.8) is 0 Å². The van der Waals surface area contributed by atoms with E-state index in [1.165, 1.54) is 7.11 Å². The molecule has 1 aliphatic rings. The van der Waals surface area contributed by atoms with E-state index < -0.39 is 0 Å². The number of amides is 1. The zero-order valence-corrected chi connectivity index (χ0v) is 17.3. The normalized spacial score (nSPS) is 15.3. The van der Waals surface area contributed by atoms with Crippen molar-refractivity contribution >= 4 is 23.7 Å². The highest BCUT2D eigenvalue weighted by molar-refractivity contribution is 6.30.